The van der Waals surface area contributed by atoms with Crippen LogP contribution >= 0.6 is 11.6 Å². The maximum Gasteiger partial charge on any atom is 0.341 e. The third-order valence-corrected chi connectivity index (χ3v) is 3.03. The van der Waals surface area contributed by atoms with E-state index in [1.54, 1.807) is 24.3 Å². The Labute approximate surface area is 118 Å². The molecule has 0 saturated carbocycles. The Morgan fingerprint density at radius 2 is 2.10 bits per heavy atom. The number of fused-ring (bicyclic) bond motifs is 1. The van der Waals surface area contributed by atoms with Gasteiger partial charge in [-0.1, -0.05) is 17.7 Å². The topological polar surface area (TPSA) is 80.8 Å². The van der Waals surface area contributed by atoms with Crippen molar-refractivity contribution in [2.75, 3.05) is 0 Å². The lowest BCUT2D eigenvalue weighted by atomic mass is 10.2. The molecule has 1 aromatic carbocycles. The lowest BCUT2D eigenvalue weighted by molar-refractivity contribution is 0.0472. The summed E-state index contributed by atoms with van der Waals surface area (Å²) in [4.78, 5) is 15.7. The minimum atomic E-state index is -0.511. The molecule has 2 heterocycles. The van der Waals surface area contributed by atoms with Crippen molar-refractivity contribution < 1.29 is 9.53 Å². The van der Waals surface area contributed by atoms with Crippen LogP contribution in [0.1, 0.15) is 15.9 Å². The second kappa shape index (κ2) is 5.26. The van der Waals surface area contributed by atoms with E-state index in [4.69, 9.17) is 16.3 Å². The van der Waals surface area contributed by atoms with Crippen LogP contribution in [0.5, 0.6) is 0 Å². The largest absolute Gasteiger partial charge is 0.457 e. The average molecular weight is 289 g/mol. The van der Waals surface area contributed by atoms with Gasteiger partial charge in [0.05, 0.1) is 5.56 Å². The smallest absolute Gasteiger partial charge is 0.341 e. The number of rotatable bonds is 3. The number of H-pyrrole nitrogens is 1. The molecule has 0 atom stereocenters. The van der Waals surface area contributed by atoms with E-state index in [-0.39, 0.29) is 17.3 Å². The summed E-state index contributed by atoms with van der Waals surface area (Å²) in [7, 11) is 0. The van der Waals surface area contributed by atoms with Crippen molar-refractivity contribution in [1.82, 2.24) is 20.4 Å². The second-order valence-electron chi connectivity index (χ2n) is 4.06. The number of ether oxygens (including phenoxy) is 1. The number of nitrogens with zero attached hydrogens (tertiary/aromatic N) is 3. The van der Waals surface area contributed by atoms with Crippen molar-refractivity contribution in [2.45, 2.75) is 6.61 Å². The summed E-state index contributed by atoms with van der Waals surface area (Å²) in [5, 5.41) is 10.6. The number of benzene rings is 1. The van der Waals surface area contributed by atoms with Crippen LogP contribution in [0, 0.1) is 0 Å². The van der Waals surface area contributed by atoms with Crippen molar-refractivity contribution in [1.29, 1.82) is 0 Å². The molecular formula is C13H9ClN4O2. The zero-order chi connectivity index (χ0) is 13.9. The molecular weight excluding hydrogens is 280 g/mol. The highest BCUT2D eigenvalue weighted by Gasteiger charge is 2.12. The number of hydrogen-bond donors (Lipinski definition) is 1. The number of esters is 1. The van der Waals surface area contributed by atoms with E-state index in [2.05, 4.69) is 20.4 Å². The first kappa shape index (κ1) is 12.6. The van der Waals surface area contributed by atoms with Gasteiger partial charge in [0.1, 0.15) is 22.8 Å². The number of hydrogen-bond acceptors (Lipinski definition) is 5. The Morgan fingerprint density at radius 3 is 2.95 bits per heavy atom. The van der Waals surface area contributed by atoms with E-state index < -0.39 is 5.97 Å². The molecule has 0 bridgehead atoms. The molecule has 6 nitrogen and oxygen atoms in total. The first-order chi connectivity index (χ1) is 9.74. The van der Waals surface area contributed by atoms with Crippen LogP contribution < -0.4 is 0 Å². The fourth-order valence-electron chi connectivity index (χ4n) is 1.74. The number of carbonyl (C=O) groups excluding carboxylic acids is 1. The fourth-order valence-corrected chi connectivity index (χ4v) is 1.94. The van der Waals surface area contributed by atoms with Gasteiger partial charge in [-0.2, -0.15) is 15.4 Å². The highest BCUT2D eigenvalue weighted by atomic mass is 35.5. The van der Waals surface area contributed by atoms with Crippen molar-refractivity contribution >= 4 is 28.6 Å². The van der Waals surface area contributed by atoms with Crippen LogP contribution in [-0.2, 0) is 11.3 Å². The van der Waals surface area contributed by atoms with Crippen molar-refractivity contribution in [3.05, 3.63) is 52.8 Å². The van der Waals surface area contributed by atoms with Crippen LogP contribution in [0.25, 0.3) is 11.0 Å². The number of nitrogens with one attached hydrogen (secondary N) is 1. The van der Waals surface area contributed by atoms with Crippen LogP contribution in [0.15, 0.2) is 36.5 Å². The van der Waals surface area contributed by atoms with Gasteiger partial charge in [-0.15, -0.1) is 0 Å². The van der Waals surface area contributed by atoms with Crippen molar-refractivity contribution in [3.8, 4) is 0 Å². The molecule has 0 saturated heterocycles. The predicted molar refractivity (Wildman–Crippen MR) is 72.3 cm³/mol. The maximum atomic E-state index is 11.9. The molecule has 2 aromatic heterocycles. The quantitative estimate of drug-likeness (QED) is 0.591. The Morgan fingerprint density at radius 1 is 1.25 bits per heavy atom. The van der Waals surface area contributed by atoms with Gasteiger partial charge in [-0.3, -0.25) is 0 Å². The molecule has 3 aromatic rings. The van der Waals surface area contributed by atoms with E-state index in [1.807, 2.05) is 6.07 Å². The fraction of sp³-hybridized carbons (Fsp3) is 0.0769. The SMILES string of the molecule is O=C(OCc1ccc2n[nH]nc2c1)c1cccnc1Cl. The average Bonchev–Trinajstić information content (AvgIpc) is 2.92. The summed E-state index contributed by atoms with van der Waals surface area (Å²) in [6.45, 7) is 0.132. The first-order valence-electron chi connectivity index (χ1n) is 5.81. The molecule has 1 N–H and O–H groups in total. The highest BCUT2D eigenvalue weighted by Crippen LogP contribution is 2.15. The summed E-state index contributed by atoms with van der Waals surface area (Å²) in [5.74, 6) is -0.511. The van der Waals surface area contributed by atoms with E-state index in [0.29, 0.717) is 0 Å². The summed E-state index contributed by atoms with van der Waals surface area (Å²) < 4.78 is 5.20. The van der Waals surface area contributed by atoms with Crippen molar-refractivity contribution in [2.24, 2.45) is 0 Å². The zero-order valence-electron chi connectivity index (χ0n) is 10.2. The van der Waals surface area contributed by atoms with Gasteiger partial charge in [-0.05, 0) is 29.8 Å². The second-order valence-corrected chi connectivity index (χ2v) is 4.42. The van der Waals surface area contributed by atoms with Gasteiger partial charge in [-0.25, -0.2) is 9.78 Å². The van der Waals surface area contributed by atoms with Crippen LogP contribution in [0.2, 0.25) is 5.15 Å². The lowest BCUT2D eigenvalue weighted by Gasteiger charge is -2.05. The molecule has 20 heavy (non-hydrogen) atoms. The zero-order valence-corrected chi connectivity index (χ0v) is 11.0. The Kier molecular flexibility index (Phi) is 3.30. The van der Waals surface area contributed by atoms with E-state index in [9.17, 15) is 4.79 Å². The molecule has 0 unspecified atom stereocenters. The van der Waals surface area contributed by atoms with Crippen LogP contribution in [-0.4, -0.2) is 26.4 Å². The molecule has 0 radical (unpaired) electrons. The molecule has 0 fully saturated rings. The highest BCUT2D eigenvalue weighted by molar-refractivity contribution is 6.32. The predicted octanol–water partition coefficient (Wildman–Crippen LogP) is 2.36. The molecule has 3 rings (SSSR count). The number of pyridine rings is 1. The molecule has 7 heteroatoms. The summed E-state index contributed by atoms with van der Waals surface area (Å²) >= 11 is 5.83. The van der Waals surface area contributed by atoms with Gasteiger partial charge in [0.15, 0.2) is 0 Å². The van der Waals surface area contributed by atoms with Crippen LogP contribution in [0.3, 0.4) is 0 Å². The number of aromatic amines is 1. The van der Waals surface area contributed by atoms with E-state index >= 15 is 0 Å². The number of aromatic nitrogens is 4. The lowest BCUT2D eigenvalue weighted by Crippen LogP contribution is -2.06. The summed E-state index contributed by atoms with van der Waals surface area (Å²) in [6, 6.07) is 8.63. The summed E-state index contributed by atoms with van der Waals surface area (Å²) in [6.07, 6.45) is 1.51. The van der Waals surface area contributed by atoms with Gasteiger partial charge >= 0.3 is 5.97 Å². The molecule has 0 amide bonds. The maximum absolute atomic E-state index is 11.9. The summed E-state index contributed by atoms with van der Waals surface area (Å²) in [5.41, 5.74) is 2.55. The van der Waals surface area contributed by atoms with E-state index in [0.717, 1.165) is 16.6 Å². The number of carbonyl (C=O) groups is 1. The third-order valence-electron chi connectivity index (χ3n) is 2.73. The van der Waals surface area contributed by atoms with Gasteiger partial charge < -0.3 is 4.74 Å². The van der Waals surface area contributed by atoms with Crippen LogP contribution in [0.4, 0.5) is 0 Å². The van der Waals surface area contributed by atoms with Gasteiger partial charge in [0, 0.05) is 6.20 Å². The Bertz CT molecular complexity index is 772. The Hall–Kier alpha value is -2.47. The normalized spacial score (nSPS) is 10.7. The molecule has 0 aliphatic heterocycles. The molecule has 0 aliphatic carbocycles. The van der Waals surface area contributed by atoms with Gasteiger partial charge in [0.2, 0.25) is 0 Å². The third kappa shape index (κ3) is 2.46. The minimum Gasteiger partial charge on any atom is -0.457 e. The van der Waals surface area contributed by atoms with Crippen molar-refractivity contribution in [3.63, 3.8) is 0 Å². The van der Waals surface area contributed by atoms with E-state index in [1.165, 1.54) is 6.20 Å². The number of halogens is 1. The first-order valence-corrected chi connectivity index (χ1v) is 6.19. The Balaban J connectivity index is 1.73. The monoisotopic (exact) mass is 288 g/mol. The van der Waals surface area contributed by atoms with Gasteiger partial charge in [0.25, 0.3) is 0 Å². The molecule has 100 valence electrons. The molecule has 0 aliphatic rings. The molecule has 0 spiro atoms. The standard InChI is InChI=1S/C13H9ClN4O2/c14-12-9(2-1-5-15-12)13(19)20-7-8-3-4-10-11(6-8)17-18-16-10/h1-6H,7H2,(H,16,17,18). The minimum absolute atomic E-state index is 0.129.